The van der Waals surface area contributed by atoms with Gasteiger partial charge in [0.05, 0.1) is 0 Å². The van der Waals surface area contributed by atoms with Gasteiger partial charge in [-0.1, -0.05) is 25.3 Å². The lowest BCUT2D eigenvalue weighted by Gasteiger charge is -2.07. The molecule has 0 heterocycles. The number of hydrogen-bond acceptors (Lipinski definition) is 4. The Morgan fingerprint density at radius 2 is 1.20 bits per heavy atom. The van der Waals surface area contributed by atoms with Crippen LogP contribution in [0.3, 0.4) is 0 Å². The molecule has 0 aromatic heterocycles. The fourth-order valence-corrected chi connectivity index (χ4v) is 2.68. The Morgan fingerprint density at radius 1 is 0.800 bits per heavy atom. The van der Waals surface area contributed by atoms with Crippen LogP contribution < -0.4 is 9.47 Å². The number of esters is 2. The standard InChI is InChI=1S/C21H18O4/c1-12(2)20(22)24-16-5-7-18-14(10-16)9-15-11-17(6-8-19(15)18)25-21(23)13(3)4/h5-8,10-11H,1,3,9H2,2,4H3. The van der Waals surface area contributed by atoms with Crippen molar-refractivity contribution in [1.82, 2.24) is 0 Å². The molecule has 2 aromatic carbocycles. The summed E-state index contributed by atoms with van der Waals surface area (Å²) >= 11 is 0. The molecule has 0 amide bonds. The molecule has 25 heavy (non-hydrogen) atoms. The van der Waals surface area contributed by atoms with E-state index in [0.717, 1.165) is 22.3 Å². The van der Waals surface area contributed by atoms with Gasteiger partial charge in [-0.25, -0.2) is 9.59 Å². The summed E-state index contributed by atoms with van der Waals surface area (Å²) in [6.45, 7) is 10.4. The average Bonchev–Trinajstić information content (AvgIpc) is 2.91. The molecule has 0 atom stereocenters. The first kappa shape index (κ1) is 16.7. The molecule has 4 heteroatoms. The lowest BCUT2D eigenvalue weighted by atomic mass is 10.1. The lowest BCUT2D eigenvalue weighted by Crippen LogP contribution is -2.08. The molecule has 0 spiro atoms. The van der Waals surface area contributed by atoms with E-state index in [0.29, 0.717) is 29.1 Å². The van der Waals surface area contributed by atoms with Gasteiger partial charge >= 0.3 is 11.9 Å². The van der Waals surface area contributed by atoms with Crippen molar-refractivity contribution in [2.75, 3.05) is 0 Å². The largest absolute Gasteiger partial charge is 0.423 e. The summed E-state index contributed by atoms with van der Waals surface area (Å²) < 4.78 is 10.6. The molecule has 0 bridgehead atoms. The molecule has 1 aliphatic carbocycles. The summed E-state index contributed by atoms with van der Waals surface area (Å²) in [6, 6.07) is 11.1. The maximum atomic E-state index is 11.7. The number of benzene rings is 2. The van der Waals surface area contributed by atoms with Gasteiger partial charge in [-0.3, -0.25) is 0 Å². The highest BCUT2D eigenvalue weighted by Crippen LogP contribution is 2.40. The summed E-state index contributed by atoms with van der Waals surface area (Å²) in [7, 11) is 0. The van der Waals surface area contributed by atoms with Crippen LogP contribution in [0.5, 0.6) is 11.5 Å². The molecule has 0 fully saturated rings. The first-order valence-corrected chi connectivity index (χ1v) is 7.87. The van der Waals surface area contributed by atoms with E-state index in [-0.39, 0.29) is 0 Å². The van der Waals surface area contributed by atoms with Crippen LogP contribution in [0.2, 0.25) is 0 Å². The molecule has 1 aliphatic rings. The predicted molar refractivity (Wildman–Crippen MR) is 95.6 cm³/mol. The Morgan fingerprint density at radius 3 is 1.56 bits per heavy atom. The number of ether oxygens (including phenoxy) is 2. The second-order valence-electron chi connectivity index (χ2n) is 6.15. The zero-order chi connectivity index (χ0) is 18.1. The Bertz CT molecular complexity index is 846. The molecule has 0 saturated carbocycles. The number of fused-ring (bicyclic) bond motifs is 3. The summed E-state index contributed by atoms with van der Waals surface area (Å²) in [5, 5.41) is 0. The molecular weight excluding hydrogens is 316 g/mol. The van der Waals surface area contributed by atoms with Crippen LogP contribution in [0, 0.1) is 0 Å². The van der Waals surface area contributed by atoms with Gasteiger partial charge in [0, 0.05) is 11.1 Å². The van der Waals surface area contributed by atoms with E-state index in [1.165, 1.54) is 0 Å². The fraction of sp³-hybridized carbons (Fsp3) is 0.143. The van der Waals surface area contributed by atoms with Crippen molar-refractivity contribution in [3.05, 3.63) is 71.8 Å². The van der Waals surface area contributed by atoms with Crippen molar-refractivity contribution in [2.24, 2.45) is 0 Å². The van der Waals surface area contributed by atoms with Gasteiger partial charge in [0.2, 0.25) is 0 Å². The summed E-state index contributed by atoms with van der Waals surface area (Å²) in [5.74, 6) is 0.107. The quantitative estimate of drug-likeness (QED) is 0.407. The van der Waals surface area contributed by atoms with Crippen LogP contribution in [0.4, 0.5) is 0 Å². The fourth-order valence-electron chi connectivity index (χ4n) is 2.68. The Labute approximate surface area is 146 Å². The minimum atomic E-state index is -0.440. The second-order valence-corrected chi connectivity index (χ2v) is 6.15. The Kier molecular flexibility index (Phi) is 4.28. The van der Waals surface area contributed by atoms with Crippen LogP contribution in [-0.2, 0) is 16.0 Å². The monoisotopic (exact) mass is 334 g/mol. The minimum Gasteiger partial charge on any atom is -0.423 e. The predicted octanol–water partition coefficient (Wildman–Crippen LogP) is 4.22. The molecule has 0 radical (unpaired) electrons. The third-order valence-corrected chi connectivity index (χ3v) is 3.94. The van der Waals surface area contributed by atoms with Crippen LogP contribution in [0.1, 0.15) is 25.0 Å². The maximum absolute atomic E-state index is 11.7. The molecule has 4 nitrogen and oxygen atoms in total. The Hall–Kier alpha value is -3.14. The number of carbonyl (C=O) groups excluding carboxylic acids is 2. The summed E-state index contributed by atoms with van der Waals surface area (Å²) in [5.41, 5.74) is 5.00. The zero-order valence-electron chi connectivity index (χ0n) is 14.2. The first-order valence-electron chi connectivity index (χ1n) is 7.87. The van der Waals surface area contributed by atoms with Crippen LogP contribution in [0.25, 0.3) is 11.1 Å². The van der Waals surface area contributed by atoms with Gasteiger partial charge in [0.25, 0.3) is 0 Å². The highest BCUT2D eigenvalue weighted by molar-refractivity contribution is 5.90. The van der Waals surface area contributed by atoms with Gasteiger partial charge < -0.3 is 9.47 Å². The van der Waals surface area contributed by atoms with Crippen LogP contribution in [0.15, 0.2) is 60.7 Å². The topological polar surface area (TPSA) is 52.6 Å². The van der Waals surface area contributed by atoms with E-state index in [9.17, 15) is 9.59 Å². The van der Waals surface area contributed by atoms with Crippen molar-refractivity contribution >= 4 is 11.9 Å². The van der Waals surface area contributed by atoms with E-state index in [1.807, 2.05) is 24.3 Å². The first-order chi connectivity index (χ1) is 11.8. The molecule has 0 unspecified atom stereocenters. The average molecular weight is 334 g/mol. The van der Waals surface area contributed by atoms with Gasteiger partial charge in [0.1, 0.15) is 11.5 Å². The SMILES string of the molecule is C=C(C)C(=O)Oc1ccc2c(c1)Cc1cc(OC(=O)C(=C)C)ccc1-2. The smallest absolute Gasteiger partial charge is 0.338 e. The molecular formula is C21H18O4. The van der Waals surface area contributed by atoms with Crippen molar-refractivity contribution < 1.29 is 19.1 Å². The summed E-state index contributed by atoms with van der Waals surface area (Å²) in [6.07, 6.45) is 0.682. The normalized spacial score (nSPS) is 11.3. The van der Waals surface area contributed by atoms with Gasteiger partial charge in [-0.05, 0) is 66.8 Å². The van der Waals surface area contributed by atoms with E-state index in [1.54, 1.807) is 26.0 Å². The summed E-state index contributed by atoms with van der Waals surface area (Å²) in [4.78, 5) is 23.3. The maximum Gasteiger partial charge on any atom is 0.338 e. The van der Waals surface area contributed by atoms with Crippen LogP contribution >= 0.6 is 0 Å². The number of rotatable bonds is 4. The van der Waals surface area contributed by atoms with E-state index < -0.39 is 11.9 Å². The van der Waals surface area contributed by atoms with E-state index in [2.05, 4.69) is 13.2 Å². The molecule has 3 rings (SSSR count). The molecule has 0 saturated heterocycles. The third-order valence-electron chi connectivity index (χ3n) is 3.94. The van der Waals surface area contributed by atoms with Crippen molar-refractivity contribution in [1.29, 1.82) is 0 Å². The van der Waals surface area contributed by atoms with E-state index >= 15 is 0 Å². The van der Waals surface area contributed by atoms with Gasteiger partial charge in [-0.15, -0.1) is 0 Å². The highest BCUT2D eigenvalue weighted by Gasteiger charge is 2.20. The van der Waals surface area contributed by atoms with Crippen molar-refractivity contribution in [3.8, 4) is 22.6 Å². The zero-order valence-corrected chi connectivity index (χ0v) is 14.2. The second kappa shape index (κ2) is 6.40. The Balaban J connectivity index is 1.84. The molecule has 0 aliphatic heterocycles. The van der Waals surface area contributed by atoms with E-state index in [4.69, 9.17) is 9.47 Å². The number of hydrogen-bond donors (Lipinski definition) is 0. The van der Waals surface area contributed by atoms with Crippen LogP contribution in [-0.4, -0.2) is 11.9 Å². The van der Waals surface area contributed by atoms with Crippen molar-refractivity contribution in [2.45, 2.75) is 20.3 Å². The molecule has 126 valence electrons. The molecule has 0 N–H and O–H groups in total. The lowest BCUT2D eigenvalue weighted by molar-refractivity contribution is -0.130. The number of carbonyl (C=O) groups is 2. The molecule has 2 aromatic rings. The minimum absolute atomic E-state index is 0.354. The third kappa shape index (κ3) is 3.38. The van der Waals surface area contributed by atoms with Gasteiger partial charge in [-0.2, -0.15) is 0 Å². The van der Waals surface area contributed by atoms with Crippen molar-refractivity contribution in [3.63, 3.8) is 0 Å². The highest BCUT2D eigenvalue weighted by atomic mass is 16.5. The van der Waals surface area contributed by atoms with Gasteiger partial charge in [0.15, 0.2) is 0 Å².